The highest BCUT2D eigenvalue weighted by atomic mass is 127. The van der Waals surface area contributed by atoms with Gasteiger partial charge < -0.3 is 10.6 Å². The number of rotatable bonds is 9. The van der Waals surface area contributed by atoms with Crippen molar-refractivity contribution >= 4 is 41.3 Å². The van der Waals surface area contributed by atoms with Crippen LogP contribution in [0.15, 0.2) is 10.4 Å². The van der Waals surface area contributed by atoms with E-state index in [-0.39, 0.29) is 24.0 Å². The van der Waals surface area contributed by atoms with Gasteiger partial charge in [-0.15, -0.1) is 35.3 Å². The molecule has 2 N–H and O–H groups in total. The summed E-state index contributed by atoms with van der Waals surface area (Å²) in [5.41, 5.74) is 1.07. The molecule has 0 aliphatic heterocycles. The van der Waals surface area contributed by atoms with Crippen molar-refractivity contribution in [3.8, 4) is 0 Å². The Kier molecular flexibility index (Phi) is 12.4. The highest BCUT2D eigenvalue weighted by Gasteiger charge is 2.28. The number of halogens is 4. The maximum atomic E-state index is 12.3. The first-order valence-electron chi connectivity index (χ1n) is 8.43. The van der Waals surface area contributed by atoms with Crippen molar-refractivity contribution in [1.29, 1.82) is 0 Å². The van der Waals surface area contributed by atoms with Crippen molar-refractivity contribution in [2.45, 2.75) is 45.8 Å². The molecule has 0 radical (unpaired) electrons. The Morgan fingerprint density at radius 2 is 2.04 bits per heavy atom. The summed E-state index contributed by atoms with van der Waals surface area (Å²) in [7, 11) is 1.47. The average molecular weight is 507 g/mol. The fourth-order valence-electron chi connectivity index (χ4n) is 2.09. The number of hydrogen-bond acceptors (Lipinski definition) is 4. The Morgan fingerprint density at radius 1 is 1.35 bits per heavy atom. The van der Waals surface area contributed by atoms with Crippen LogP contribution >= 0.6 is 35.3 Å². The summed E-state index contributed by atoms with van der Waals surface area (Å²) in [6, 6.07) is 0. The minimum absolute atomic E-state index is 0. The molecular formula is C16H29F3IN5S. The number of thiazole rings is 1. The maximum absolute atomic E-state index is 12.3. The highest BCUT2D eigenvalue weighted by molar-refractivity contribution is 14.0. The molecule has 10 heteroatoms. The fraction of sp³-hybridized carbons (Fsp3) is 0.750. The van der Waals surface area contributed by atoms with Crippen molar-refractivity contribution in [3.05, 3.63) is 16.1 Å². The van der Waals surface area contributed by atoms with Crippen molar-refractivity contribution in [2.24, 2.45) is 4.99 Å². The largest absolute Gasteiger partial charge is 0.401 e. The Labute approximate surface area is 174 Å². The first kappa shape index (κ1) is 25.4. The number of nitrogens with zero attached hydrogens (tertiary/aromatic N) is 3. The lowest BCUT2D eigenvalue weighted by Crippen LogP contribution is -2.39. The van der Waals surface area contributed by atoms with E-state index in [2.05, 4.69) is 34.5 Å². The Bertz CT molecular complexity index is 534. The predicted molar refractivity (Wildman–Crippen MR) is 113 cm³/mol. The lowest BCUT2D eigenvalue weighted by Gasteiger charge is -2.18. The summed E-state index contributed by atoms with van der Waals surface area (Å²) < 4.78 is 36.8. The van der Waals surface area contributed by atoms with E-state index in [1.807, 2.05) is 12.3 Å². The van der Waals surface area contributed by atoms with Crippen LogP contribution in [0.25, 0.3) is 0 Å². The average Bonchev–Trinajstić information content (AvgIpc) is 2.96. The lowest BCUT2D eigenvalue weighted by atomic mass is 10.2. The second kappa shape index (κ2) is 12.7. The van der Waals surface area contributed by atoms with Crippen LogP contribution < -0.4 is 10.6 Å². The third kappa shape index (κ3) is 11.2. The third-order valence-corrected chi connectivity index (χ3v) is 4.19. The van der Waals surface area contributed by atoms with Gasteiger partial charge in [0.1, 0.15) is 5.01 Å². The lowest BCUT2D eigenvalue weighted by molar-refractivity contribution is -0.143. The smallest absolute Gasteiger partial charge is 0.357 e. The molecule has 0 amide bonds. The monoisotopic (exact) mass is 507 g/mol. The summed E-state index contributed by atoms with van der Waals surface area (Å²) in [4.78, 5) is 10.3. The second-order valence-corrected chi connectivity index (χ2v) is 7.09. The van der Waals surface area contributed by atoms with Crippen LogP contribution in [0.1, 0.15) is 43.8 Å². The molecule has 1 aromatic rings. The molecule has 0 saturated heterocycles. The summed E-state index contributed by atoms with van der Waals surface area (Å²) in [6.45, 7) is 7.42. The van der Waals surface area contributed by atoms with Crippen LogP contribution in [-0.2, 0) is 6.54 Å². The highest BCUT2D eigenvalue weighted by Crippen LogP contribution is 2.18. The summed E-state index contributed by atoms with van der Waals surface area (Å²) in [6.07, 6.45) is -3.55. The maximum Gasteiger partial charge on any atom is 0.401 e. The van der Waals surface area contributed by atoms with Gasteiger partial charge in [-0.1, -0.05) is 13.8 Å². The number of alkyl halides is 3. The Balaban J connectivity index is 0.00000625. The number of hydrogen-bond donors (Lipinski definition) is 2. The van der Waals surface area contributed by atoms with Gasteiger partial charge in [0, 0.05) is 18.5 Å². The summed E-state index contributed by atoms with van der Waals surface area (Å²) in [5, 5.41) is 9.28. The minimum Gasteiger partial charge on any atom is -0.357 e. The molecule has 0 spiro atoms. The van der Waals surface area contributed by atoms with Crippen molar-refractivity contribution in [1.82, 2.24) is 20.5 Å². The van der Waals surface area contributed by atoms with Crippen LogP contribution in [-0.4, -0.2) is 55.2 Å². The van der Waals surface area contributed by atoms with Crippen LogP contribution in [0.5, 0.6) is 0 Å². The molecule has 26 heavy (non-hydrogen) atoms. The van der Waals surface area contributed by atoms with Crippen molar-refractivity contribution < 1.29 is 13.2 Å². The van der Waals surface area contributed by atoms with E-state index in [1.165, 1.54) is 11.9 Å². The van der Waals surface area contributed by atoms with E-state index in [9.17, 15) is 13.2 Å². The number of nitrogens with one attached hydrogen (secondary N) is 2. The van der Waals surface area contributed by atoms with Crippen LogP contribution in [0.4, 0.5) is 13.2 Å². The van der Waals surface area contributed by atoms with Gasteiger partial charge in [-0.3, -0.25) is 4.90 Å². The minimum atomic E-state index is -4.15. The zero-order valence-electron chi connectivity index (χ0n) is 15.7. The molecule has 0 aliphatic rings. The molecule has 0 fully saturated rings. The van der Waals surface area contributed by atoms with Gasteiger partial charge in [0.25, 0.3) is 0 Å². The molecule has 0 saturated carbocycles. The zero-order chi connectivity index (χ0) is 18.9. The Morgan fingerprint density at radius 3 is 2.58 bits per heavy atom. The first-order valence-corrected chi connectivity index (χ1v) is 9.31. The molecule has 0 atom stereocenters. The molecular weight excluding hydrogens is 478 g/mol. The first-order chi connectivity index (χ1) is 11.7. The quantitative estimate of drug-likeness (QED) is 0.231. The summed E-state index contributed by atoms with van der Waals surface area (Å²) in [5.74, 6) is 1.05. The number of aliphatic imine (C=N–C) groups is 1. The number of guanidine groups is 1. The molecule has 0 unspecified atom stereocenters. The molecule has 1 rings (SSSR count). The van der Waals surface area contributed by atoms with E-state index in [0.717, 1.165) is 17.2 Å². The topological polar surface area (TPSA) is 52.6 Å². The number of aromatic nitrogens is 1. The van der Waals surface area contributed by atoms with Gasteiger partial charge in [-0.25, -0.2) is 9.98 Å². The van der Waals surface area contributed by atoms with Gasteiger partial charge in [0.2, 0.25) is 0 Å². The van der Waals surface area contributed by atoms with Gasteiger partial charge in [0.15, 0.2) is 5.96 Å². The molecule has 0 bridgehead atoms. The SMILES string of the molecule is CCNC(=NCc1nc(C(C)C)cs1)NCCCN(C)CC(F)(F)F.I. The molecule has 0 aliphatic carbocycles. The molecule has 0 aromatic carbocycles. The standard InChI is InChI=1S/C16H28F3N5S.HI/c1-5-20-15(21-7-6-8-24(4)11-16(17,18)19)22-9-14-23-13(10-25-14)12(2)3;/h10,12H,5-9,11H2,1-4H3,(H2,20,21,22);1H. The van der Waals surface area contributed by atoms with Gasteiger partial charge in [0.05, 0.1) is 18.8 Å². The fourth-order valence-corrected chi connectivity index (χ4v) is 2.97. The van der Waals surface area contributed by atoms with Crippen LogP contribution in [0, 0.1) is 0 Å². The van der Waals surface area contributed by atoms with Crippen LogP contribution in [0.3, 0.4) is 0 Å². The van der Waals surface area contributed by atoms with Gasteiger partial charge in [-0.2, -0.15) is 13.2 Å². The van der Waals surface area contributed by atoms with E-state index in [0.29, 0.717) is 37.9 Å². The third-order valence-electron chi connectivity index (χ3n) is 3.34. The van der Waals surface area contributed by atoms with Crippen LogP contribution in [0.2, 0.25) is 0 Å². The molecule has 5 nitrogen and oxygen atoms in total. The predicted octanol–water partition coefficient (Wildman–Crippen LogP) is 3.82. The van der Waals surface area contributed by atoms with Crippen molar-refractivity contribution in [3.63, 3.8) is 0 Å². The van der Waals surface area contributed by atoms with E-state index < -0.39 is 12.7 Å². The van der Waals surface area contributed by atoms with E-state index >= 15 is 0 Å². The van der Waals surface area contributed by atoms with E-state index in [4.69, 9.17) is 0 Å². The Hall–Kier alpha value is -0.620. The van der Waals surface area contributed by atoms with E-state index in [1.54, 1.807) is 11.3 Å². The van der Waals surface area contributed by atoms with Gasteiger partial charge in [-0.05, 0) is 32.9 Å². The second-order valence-electron chi connectivity index (χ2n) is 6.15. The van der Waals surface area contributed by atoms with Gasteiger partial charge >= 0.3 is 6.18 Å². The molecule has 1 aromatic heterocycles. The van der Waals surface area contributed by atoms with Crippen molar-refractivity contribution in [2.75, 3.05) is 33.2 Å². The zero-order valence-corrected chi connectivity index (χ0v) is 18.8. The molecule has 152 valence electrons. The summed E-state index contributed by atoms with van der Waals surface area (Å²) >= 11 is 1.59. The molecule has 1 heterocycles. The normalized spacial score (nSPS) is 12.4.